The summed E-state index contributed by atoms with van der Waals surface area (Å²) < 4.78 is 0. The lowest BCUT2D eigenvalue weighted by Crippen LogP contribution is -2.69. The Bertz CT molecular complexity index is 663. The standard InChI is InChI=1S/C17H21N3O5/c1-3-16(4-2,10-12-8-6-5-7-9-12)13(21)20-17(14(22)23,15(24)25)19-11-18/h5-9,19H,3-4,10H2,1-2H3,(H,20,21)(H,22,23)(H,24,25). The number of amides is 1. The molecular formula is C17H21N3O5. The summed E-state index contributed by atoms with van der Waals surface area (Å²) >= 11 is 0. The van der Waals surface area contributed by atoms with Gasteiger partial charge in [-0.3, -0.25) is 10.1 Å². The van der Waals surface area contributed by atoms with Crippen LogP contribution in [0, 0.1) is 16.9 Å². The van der Waals surface area contributed by atoms with Gasteiger partial charge in [-0.15, -0.1) is 0 Å². The lowest BCUT2D eigenvalue weighted by Gasteiger charge is -2.34. The van der Waals surface area contributed by atoms with Gasteiger partial charge in [-0.05, 0) is 24.8 Å². The summed E-state index contributed by atoms with van der Waals surface area (Å²) in [7, 11) is 0. The molecule has 8 heteroatoms. The van der Waals surface area contributed by atoms with E-state index in [0.29, 0.717) is 19.3 Å². The zero-order valence-corrected chi connectivity index (χ0v) is 14.1. The lowest BCUT2D eigenvalue weighted by atomic mass is 9.75. The average molecular weight is 347 g/mol. The number of benzene rings is 1. The highest BCUT2D eigenvalue weighted by Crippen LogP contribution is 2.32. The van der Waals surface area contributed by atoms with Crippen molar-refractivity contribution in [3.63, 3.8) is 0 Å². The second-order valence-corrected chi connectivity index (χ2v) is 5.70. The number of carbonyl (C=O) groups excluding carboxylic acids is 1. The monoisotopic (exact) mass is 347 g/mol. The van der Waals surface area contributed by atoms with E-state index in [9.17, 15) is 24.6 Å². The third-order valence-corrected chi connectivity index (χ3v) is 4.41. The summed E-state index contributed by atoms with van der Waals surface area (Å²) in [6, 6.07) is 9.14. The maximum Gasteiger partial charge on any atom is 0.363 e. The molecule has 0 radical (unpaired) electrons. The molecule has 0 fully saturated rings. The third kappa shape index (κ3) is 4.07. The predicted octanol–water partition coefficient (Wildman–Crippen LogP) is 1.09. The maximum atomic E-state index is 12.8. The smallest absolute Gasteiger partial charge is 0.363 e. The largest absolute Gasteiger partial charge is 0.478 e. The molecule has 0 unspecified atom stereocenters. The van der Waals surface area contributed by atoms with Crippen molar-refractivity contribution in [1.82, 2.24) is 10.6 Å². The quantitative estimate of drug-likeness (QED) is 0.227. The Morgan fingerprint density at radius 1 is 1.08 bits per heavy atom. The molecule has 0 atom stereocenters. The van der Waals surface area contributed by atoms with Crippen LogP contribution in [0.5, 0.6) is 0 Å². The predicted molar refractivity (Wildman–Crippen MR) is 88.1 cm³/mol. The van der Waals surface area contributed by atoms with Gasteiger partial charge < -0.3 is 15.5 Å². The highest BCUT2D eigenvalue weighted by Gasteiger charge is 2.51. The Balaban J connectivity index is 3.23. The van der Waals surface area contributed by atoms with Gasteiger partial charge in [0.15, 0.2) is 6.19 Å². The number of nitriles is 1. The molecule has 1 rings (SSSR count). The van der Waals surface area contributed by atoms with Crippen molar-refractivity contribution in [3.8, 4) is 6.19 Å². The number of nitrogens with zero attached hydrogens (tertiary/aromatic N) is 1. The first-order chi connectivity index (χ1) is 11.8. The number of carboxylic acids is 2. The van der Waals surface area contributed by atoms with Gasteiger partial charge in [-0.25, -0.2) is 9.59 Å². The van der Waals surface area contributed by atoms with Crippen LogP contribution >= 0.6 is 0 Å². The van der Waals surface area contributed by atoms with Crippen LogP contribution in [0.4, 0.5) is 0 Å². The molecule has 0 saturated heterocycles. The van der Waals surface area contributed by atoms with Gasteiger partial charge in [0.05, 0.1) is 5.41 Å². The SMILES string of the molecule is CCC(CC)(Cc1ccccc1)C(=O)NC(NC#N)(C(=O)O)C(=O)O. The van der Waals surface area contributed by atoms with Gasteiger partial charge in [0.1, 0.15) is 0 Å². The zero-order valence-electron chi connectivity index (χ0n) is 14.1. The van der Waals surface area contributed by atoms with Crippen LogP contribution in [0.25, 0.3) is 0 Å². The second-order valence-electron chi connectivity index (χ2n) is 5.70. The number of nitrogens with one attached hydrogen (secondary N) is 2. The van der Waals surface area contributed by atoms with Crippen molar-refractivity contribution in [2.24, 2.45) is 5.41 Å². The highest BCUT2D eigenvalue weighted by atomic mass is 16.4. The summed E-state index contributed by atoms with van der Waals surface area (Å²) in [4.78, 5) is 35.7. The molecule has 0 spiro atoms. The van der Waals surface area contributed by atoms with E-state index in [-0.39, 0.29) is 0 Å². The molecule has 0 bridgehead atoms. The summed E-state index contributed by atoms with van der Waals surface area (Å²) in [5.74, 6) is -4.50. The van der Waals surface area contributed by atoms with Gasteiger partial charge in [-0.1, -0.05) is 44.2 Å². The molecule has 4 N–H and O–H groups in total. The van der Waals surface area contributed by atoms with E-state index in [2.05, 4.69) is 0 Å². The number of hydrogen-bond donors (Lipinski definition) is 4. The van der Waals surface area contributed by atoms with E-state index in [1.54, 1.807) is 19.2 Å². The number of hydrogen-bond acceptors (Lipinski definition) is 5. The first-order valence-corrected chi connectivity index (χ1v) is 7.77. The van der Waals surface area contributed by atoms with Crippen molar-refractivity contribution in [2.75, 3.05) is 0 Å². The van der Waals surface area contributed by atoms with Gasteiger partial charge in [-0.2, -0.15) is 5.26 Å². The van der Waals surface area contributed by atoms with Gasteiger partial charge >= 0.3 is 17.6 Å². The molecular weight excluding hydrogens is 326 g/mol. The molecule has 8 nitrogen and oxygen atoms in total. The molecule has 25 heavy (non-hydrogen) atoms. The summed E-state index contributed by atoms with van der Waals surface area (Å²) in [6.07, 6.45) is 2.34. The first kappa shape index (κ1) is 20.0. The van der Waals surface area contributed by atoms with Gasteiger partial charge in [0.2, 0.25) is 5.91 Å². The minimum absolute atomic E-state index is 0.314. The van der Waals surface area contributed by atoms with Crippen LogP contribution in [0.3, 0.4) is 0 Å². The van der Waals surface area contributed by atoms with Gasteiger partial charge in [0, 0.05) is 0 Å². The van der Waals surface area contributed by atoms with Crippen molar-refractivity contribution in [3.05, 3.63) is 35.9 Å². The summed E-state index contributed by atoms with van der Waals surface area (Å²) in [5, 5.41) is 31.0. The Labute approximate surface area is 145 Å². The molecule has 1 aromatic rings. The second kappa shape index (κ2) is 8.15. The molecule has 0 saturated carbocycles. The molecule has 0 aromatic heterocycles. The summed E-state index contributed by atoms with van der Waals surface area (Å²) in [6.45, 7) is 3.54. The van der Waals surface area contributed by atoms with E-state index < -0.39 is 28.9 Å². The van der Waals surface area contributed by atoms with Crippen molar-refractivity contribution in [2.45, 2.75) is 38.8 Å². The fourth-order valence-corrected chi connectivity index (χ4v) is 2.61. The van der Waals surface area contributed by atoms with E-state index in [4.69, 9.17) is 5.26 Å². The highest BCUT2D eigenvalue weighted by molar-refractivity contribution is 6.06. The molecule has 0 heterocycles. The minimum Gasteiger partial charge on any atom is -0.478 e. The van der Waals surface area contributed by atoms with E-state index >= 15 is 0 Å². The first-order valence-electron chi connectivity index (χ1n) is 7.77. The van der Waals surface area contributed by atoms with Crippen LogP contribution < -0.4 is 10.6 Å². The van der Waals surface area contributed by atoms with Crippen LogP contribution in [-0.2, 0) is 20.8 Å². The van der Waals surface area contributed by atoms with Crippen molar-refractivity contribution < 1.29 is 24.6 Å². The average Bonchev–Trinajstić information content (AvgIpc) is 2.59. The number of carboxylic acid groups (broad SMARTS) is 2. The molecule has 0 aliphatic heterocycles. The van der Waals surface area contributed by atoms with E-state index in [0.717, 1.165) is 5.56 Å². The van der Waals surface area contributed by atoms with Crippen LogP contribution in [0.2, 0.25) is 0 Å². The molecule has 1 amide bonds. The number of rotatable bonds is 9. The summed E-state index contributed by atoms with van der Waals surface area (Å²) in [5.41, 5.74) is -3.04. The maximum absolute atomic E-state index is 12.8. The fourth-order valence-electron chi connectivity index (χ4n) is 2.61. The Kier molecular flexibility index (Phi) is 6.51. The van der Waals surface area contributed by atoms with E-state index in [1.165, 1.54) is 6.19 Å². The van der Waals surface area contributed by atoms with Crippen molar-refractivity contribution >= 4 is 17.8 Å². The molecule has 134 valence electrons. The third-order valence-electron chi connectivity index (χ3n) is 4.41. The Morgan fingerprint density at radius 2 is 1.60 bits per heavy atom. The number of carbonyl (C=O) groups is 3. The van der Waals surface area contributed by atoms with Crippen LogP contribution in [0.15, 0.2) is 30.3 Å². The Morgan fingerprint density at radius 3 is 2.00 bits per heavy atom. The molecule has 0 aliphatic carbocycles. The van der Waals surface area contributed by atoms with Crippen LogP contribution in [0.1, 0.15) is 32.3 Å². The Hall–Kier alpha value is -3.08. The molecule has 1 aromatic carbocycles. The number of aliphatic carboxylic acids is 2. The van der Waals surface area contributed by atoms with E-state index in [1.807, 2.05) is 35.6 Å². The topological polar surface area (TPSA) is 140 Å². The van der Waals surface area contributed by atoms with Crippen molar-refractivity contribution in [1.29, 1.82) is 5.26 Å². The fraction of sp³-hybridized carbons (Fsp3) is 0.412. The normalized spacial score (nSPS) is 11.2. The lowest BCUT2D eigenvalue weighted by molar-refractivity contribution is -0.164. The van der Waals surface area contributed by atoms with Crippen LogP contribution in [-0.4, -0.2) is 33.7 Å². The minimum atomic E-state index is -2.90. The molecule has 0 aliphatic rings. The van der Waals surface area contributed by atoms with Gasteiger partial charge in [0.25, 0.3) is 0 Å². The zero-order chi connectivity index (χ0) is 19.1.